The number of piperazine rings is 1. The summed E-state index contributed by atoms with van der Waals surface area (Å²) < 4.78 is 0. The molecule has 0 spiro atoms. The molecular weight excluding hydrogens is 397 g/mol. The molecule has 0 bridgehead atoms. The molecule has 4 rings (SSSR count). The van der Waals surface area contributed by atoms with Crippen LogP contribution >= 0.6 is 24.8 Å². The second-order valence-corrected chi connectivity index (χ2v) is 7.14. The average molecular weight is 424 g/mol. The van der Waals surface area contributed by atoms with Gasteiger partial charge in [-0.1, -0.05) is 30.3 Å². The van der Waals surface area contributed by atoms with Crippen LogP contribution in [0.5, 0.6) is 0 Å². The summed E-state index contributed by atoms with van der Waals surface area (Å²) in [6, 6.07) is 10.3. The number of likely N-dealkylation sites (N-methyl/N-ethyl adjacent to an activating group) is 1. The van der Waals surface area contributed by atoms with Crippen LogP contribution in [0.2, 0.25) is 0 Å². The highest BCUT2D eigenvalue weighted by Crippen LogP contribution is 2.37. The number of hydrogen-bond acceptors (Lipinski definition) is 5. The molecular formula is C20H27Cl2N5O. The molecule has 1 aromatic heterocycles. The molecule has 0 saturated carbocycles. The normalized spacial score (nSPS) is 16.2. The highest BCUT2D eigenvalue weighted by Gasteiger charge is 2.30. The second-order valence-electron chi connectivity index (χ2n) is 7.14. The predicted octanol–water partition coefficient (Wildman–Crippen LogP) is 2.34. The number of benzene rings is 1. The molecule has 6 nitrogen and oxygen atoms in total. The van der Waals surface area contributed by atoms with Crippen molar-refractivity contribution in [2.45, 2.75) is 13.0 Å². The Hall–Kier alpha value is -2.02. The predicted molar refractivity (Wildman–Crippen MR) is 118 cm³/mol. The number of carbonyl (C=O) groups excluding carboxylic acids is 1. The third kappa shape index (κ3) is 4.35. The monoisotopic (exact) mass is 423 g/mol. The van der Waals surface area contributed by atoms with Crippen molar-refractivity contribution in [3.63, 3.8) is 0 Å². The van der Waals surface area contributed by atoms with Crippen LogP contribution in [-0.2, 0) is 13.0 Å². The topological polar surface area (TPSA) is 65.7 Å². The van der Waals surface area contributed by atoms with Crippen molar-refractivity contribution in [1.82, 2.24) is 9.88 Å². The minimum absolute atomic E-state index is 0. The lowest BCUT2D eigenvalue weighted by Gasteiger charge is -2.34. The molecule has 0 unspecified atom stereocenters. The summed E-state index contributed by atoms with van der Waals surface area (Å²) in [4.78, 5) is 23.8. The highest BCUT2D eigenvalue weighted by atomic mass is 35.5. The number of fused-ring (bicyclic) bond motifs is 1. The quantitative estimate of drug-likeness (QED) is 0.817. The Morgan fingerprint density at radius 1 is 1.07 bits per heavy atom. The van der Waals surface area contributed by atoms with Crippen molar-refractivity contribution in [2.75, 3.05) is 49.6 Å². The van der Waals surface area contributed by atoms with Crippen LogP contribution in [0.3, 0.4) is 0 Å². The van der Waals surface area contributed by atoms with E-state index in [-0.39, 0.29) is 30.7 Å². The Bertz CT molecular complexity index is 810. The fraction of sp³-hybridized carbons (Fsp3) is 0.400. The number of rotatable bonds is 4. The molecule has 28 heavy (non-hydrogen) atoms. The molecule has 0 aliphatic carbocycles. The first-order valence-electron chi connectivity index (χ1n) is 9.17. The van der Waals surface area contributed by atoms with Crippen LogP contribution < -0.4 is 15.5 Å². The van der Waals surface area contributed by atoms with E-state index in [9.17, 15) is 4.79 Å². The third-order valence-corrected chi connectivity index (χ3v) is 5.34. The maximum atomic E-state index is 12.4. The smallest absolute Gasteiger partial charge is 0.254 e. The Balaban J connectivity index is 0.00000140. The van der Waals surface area contributed by atoms with Gasteiger partial charge in [-0.3, -0.25) is 4.79 Å². The summed E-state index contributed by atoms with van der Waals surface area (Å²) >= 11 is 0. The first kappa shape index (κ1) is 22.3. The number of halogens is 2. The Labute approximate surface area is 178 Å². The van der Waals surface area contributed by atoms with Gasteiger partial charge in [-0.05, 0) is 24.6 Å². The molecule has 1 fully saturated rings. The number of primary amides is 1. The highest BCUT2D eigenvalue weighted by molar-refractivity contribution is 6.04. The molecule has 1 saturated heterocycles. The number of hydrogen-bond donors (Lipinski definition) is 1. The van der Waals surface area contributed by atoms with Crippen molar-refractivity contribution in [3.8, 4) is 0 Å². The lowest BCUT2D eigenvalue weighted by Crippen LogP contribution is -2.45. The summed E-state index contributed by atoms with van der Waals surface area (Å²) in [7, 11) is 2.12. The van der Waals surface area contributed by atoms with E-state index in [1.807, 2.05) is 24.4 Å². The van der Waals surface area contributed by atoms with E-state index < -0.39 is 0 Å². The minimum atomic E-state index is -0.386. The van der Waals surface area contributed by atoms with E-state index in [1.54, 1.807) is 0 Å². The van der Waals surface area contributed by atoms with Crippen molar-refractivity contribution < 1.29 is 4.79 Å². The summed E-state index contributed by atoms with van der Waals surface area (Å²) in [6.45, 7) is 5.32. The van der Waals surface area contributed by atoms with Gasteiger partial charge in [0.15, 0.2) is 0 Å². The van der Waals surface area contributed by atoms with Crippen LogP contribution in [0.1, 0.15) is 21.5 Å². The number of anilines is 2. The fourth-order valence-corrected chi connectivity index (χ4v) is 3.89. The summed E-state index contributed by atoms with van der Waals surface area (Å²) in [5, 5.41) is 0. The van der Waals surface area contributed by atoms with Gasteiger partial charge in [0, 0.05) is 45.5 Å². The van der Waals surface area contributed by atoms with Gasteiger partial charge in [-0.25, -0.2) is 4.98 Å². The average Bonchev–Trinajstić information content (AvgIpc) is 3.05. The molecule has 152 valence electrons. The molecule has 1 amide bonds. The van der Waals surface area contributed by atoms with E-state index in [0.29, 0.717) is 5.56 Å². The number of nitrogens with two attached hydrogens (primary N) is 1. The van der Waals surface area contributed by atoms with E-state index in [4.69, 9.17) is 5.73 Å². The zero-order valence-electron chi connectivity index (χ0n) is 16.0. The molecule has 2 aliphatic heterocycles. The molecule has 3 heterocycles. The van der Waals surface area contributed by atoms with Gasteiger partial charge in [0.2, 0.25) is 0 Å². The van der Waals surface area contributed by atoms with Gasteiger partial charge < -0.3 is 20.4 Å². The van der Waals surface area contributed by atoms with Crippen LogP contribution in [-0.4, -0.2) is 55.6 Å². The standard InChI is InChI=1S/C20H25N5O.2ClH/c1-23-9-11-24(12-10-23)20-17(19(21)26)18-16(13-22-20)7-8-25(18)14-15-5-3-2-4-6-15;;/h2-6,13H,7-12,14H2,1H3,(H2,21,26);2*1H. The zero-order chi connectivity index (χ0) is 18.1. The van der Waals surface area contributed by atoms with E-state index in [2.05, 4.69) is 38.9 Å². The maximum absolute atomic E-state index is 12.4. The van der Waals surface area contributed by atoms with Crippen LogP contribution in [0.4, 0.5) is 11.5 Å². The lowest BCUT2D eigenvalue weighted by molar-refractivity contribution is 0.100. The van der Waals surface area contributed by atoms with Gasteiger partial charge in [0.25, 0.3) is 5.91 Å². The van der Waals surface area contributed by atoms with Gasteiger partial charge >= 0.3 is 0 Å². The number of carbonyl (C=O) groups is 1. The van der Waals surface area contributed by atoms with Crippen LogP contribution in [0.15, 0.2) is 36.5 Å². The van der Waals surface area contributed by atoms with Crippen LogP contribution in [0.25, 0.3) is 0 Å². The second kappa shape index (κ2) is 9.45. The Morgan fingerprint density at radius 2 is 1.75 bits per heavy atom. The fourth-order valence-electron chi connectivity index (χ4n) is 3.89. The largest absolute Gasteiger partial charge is 0.366 e. The van der Waals surface area contributed by atoms with Gasteiger partial charge in [-0.2, -0.15) is 0 Å². The molecule has 2 aromatic rings. The lowest BCUT2D eigenvalue weighted by atomic mass is 10.1. The number of pyridine rings is 1. The third-order valence-electron chi connectivity index (χ3n) is 5.34. The molecule has 1 aromatic carbocycles. The van der Waals surface area contributed by atoms with Crippen molar-refractivity contribution in [3.05, 3.63) is 53.2 Å². The van der Waals surface area contributed by atoms with E-state index >= 15 is 0 Å². The van der Waals surface area contributed by atoms with Gasteiger partial charge in [0.1, 0.15) is 11.4 Å². The number of nitrogens with zero attached hydrogens (tertiary/aromatic N) is 4. The van der Waals surface area contributed by atoms with Gasteiger partial charge in [-0.15, -0.1) is 24.8 Å². The molecule has 2 aliphatic rings. The molecule has 0 radical (unpaired) electrons. The maximum Gasteiger partial charge on any atom is 0.254 e. The Kier molecular flexibility index (Phi) is 7.52. The minimum Gasteiger partial charge on any atom is -0.366 e. The van der Waals surface area contributed by atoms with E-state index in [0.717, 1.165) is 62.8 Å². The summed E-state index contributed by atoms with van der Waals surface area (Å²) in [5.74, 6) is 0.354. The first-order valence-corrected chi connectivity index (χ1v) is 9.17. The van der Waals surface area contributed by atoms with Crippen molar-refractivity contribution >= 4 is 42.2 Å². The first-order chi connectivity index (χ1) is 12.6. The molecule has 8 heteroatoms. The van der Waals surface area contributed by atoms with Gasteiger partial charge in [0.05, 0.1) is 5.69 Å². The summed E-state index contributed by atoms with van der Waals surface area (Å²) in [5.41, 5.74) is 9.74. The van der Waals surface area contributed by atoms with Crippen LogP contribution in [0, 0.1) is 0 Å². The number of amides is 1. The van der Waals surface area contributed by atoms with Crippen molar-refractivity contribution in [2.24, 2.45) is 5.73 Å². The Morgan fingerprint density at radius 3 is 2.39 bits per heavy atom. The SMILES string of the molecule is CN1CCN(c2ncc3c(c2C(N)=O)N(Cc2ccccc2)CC3)CC1.Cl.Cl. The summed E-state index contributed by atoms with van der Waals surface area (Å²) in [6.07, 6.45) is 2.83. The number of aromatic nitrogens is 1. The van der Waals surface area contributed by atoms with E-state index in [1.165, 1.54) is 5.56 Å². The van der Waals surface area contributed by atoms with Crippen molar-refractivity contribution in [1.29, 1.82) is 0 Å². The molecule has 2 N–H and O–H groups in total. The molecule has 0 atom stereocenters. The zero-order valence-corrected chi connectivity index (χ0v) is 17.6.